The van der Waals surface area contributed by atoms with Gasteiger partial charge in [0.1, 0.15) is 0 Å². The Morgan fingerprint density at radius 1 is 1.00 bits per heavy atom. The molecule has 1 N–H and O–H groups in total. The molecule has 2 rings (SSSR count). The van der Waals surface area contributed by atoms with E-state index in [1.54, 1.807) is 0 Å². The van der Waals surface area contributed by atoms with Gasteiger partial charge in [-0.2, -0.15) is 0 Å². The quantitative estimate of drug-likeness (QED) is 0.853. The van der Waals surface area contributed by atoms with Crippen LogP contribution < -0.4 is 5.32 Å². The van der Waals surface area contributed by atoms with Crippen LogP contribution in [0.3, 0.4) is 0 Å². The summed E-state index contributed by atoms with van der Waals surface area (Å²) in [7, 11) is 0. The van der Waals surface area contributed by atoms with Gasteiger partial charge in [-0.15, -0.1) is 0 Å². The first-order valence-electron chi connectivity index (χ1n) is 7.00. The van der Waals surface area contributed by atoms with Gasteiger partial charge in [0.05, 0.1) is 0 Å². The van der Waals surface area contributed by atoms with E-state index >= 15 is 0 Å². The summed E-state index contributed by atoms with van der Waals surface area (Å²) in [6.45, 7) is 5.39. The molecule has 2 aromatic rings. The summed E-state index contributed by atoms with van der Waals surface area (Å²) in [6.07, 6.45) is 5.84. The lowest BCUT2D eigenvalue weighted by molar-refractivity contribution is 0.576. The lowest BCUT2D eigenvalue weighted by Gasteiger charge is -2.14. The Hall–Kier alpha value is -1.67. The van der Waals surface area contributed by atoms with Crippen LogP contribution in [0, 0.1) is 0 Å². The number of aromatic nitrogens is 1. The van der Waals surface area contributed by atoms with Gasteiger partial charge in [-0.3, -0.25) is 4.98 Å². The van der Waals surface area contributed by atoms with E-state index in [-0.39, 0.29) is 0 Å². The number of nitrogens with zero attached hydrogens (tertiary/aromatic N) is 1. The number of aryl methyl sites for hydroxylation is 1. The Labute approximate surface area is 115 Å². The van der Waals surface area contributed by atoms with Crippen molar-refractivity contribution in [3.05, 3.63) is 65.5 Å². The molecule has 0 spiro atoms. The molecule has 0 aliphatic rings. The first-order chi connectivity index (χ1) is 9.29. The van der Waals surface area contributed by atoms with Crippen molar-refractivity contribution in [1.82, 2.24) is 10.3 Å². The Bertz CT molecular complexity index is 476. The van der Waals surface area contributed by atoms with Crippen LogP contribution in [0.1, 0.15) is 36.6 Å². The fourth-order valence-electron chi connectivity index (χ4n) is 2.14. The minimum Gasteiger partial charge on any atom is -0.310 e. The van der Waals surface area contributed by atoms with Crippen LogP contribution >= 0.6 is 0 Å². The van der Waals surface area contributed by atoms with Crippen molar-refractivity contribution in [3.63, 3.8) is 0 Å². The van der Waals surface area contributed by atoms with Gasteiger partial charge in [-0.1, -0.05) is 31.2 Å². The molecule has 0 amide bonds. The Morgan fingerprint density at radius 2 is 1.68 bits per heavy atom. The molecule has 0 saturated carbocycles. The number of rotatable bonds is 6. The highest BCUT2D eigenvalue weighted by Crippen LogP contribution is 2.13. The third-order valence-electron chi connectivity index (χ3n) is 3.50. The smallest absolute Gasteiger partial charge is 0.0291 e. The van der Waals surface area contributed by atoms with Gasteiger partial charge in [-0.25, -0.2) is 0 Å². The fraction of sp³-hybridized carbons (Fsp3) is 0.353. The summed E-state index contributed by atoms with van der Waals surface area (Å²) >= 11 is 0. The third kappa shape index (κ3) is 4.18. The van der Waals surface area contributed by atoms with Crippen LogP contribution in [0.25, 0.3) is 0 Å². The normalized spacial score (nSPS) is 12.3. The molecule has 0 aliphatic heterocycles. The van der Waals surface area contributed by atoms with E-state index in [1.807, 2.05) is 12.4 Å². The maximum Gasteiger partial charge on any atom is 0.0291 e. The zero-order valence-corrected chi connectivity index (χ0v) is 11.8. The molecule has 2 heteroatoms. The average Bonchev–Trinajstić information content (AvgIpc) is 2.48. The van der Waals surface area contributed by atoms with E-state index in [4.69, 9.17) is 0 Å². The molecule has 19 heavy (non-hydrogen) atoms. The molecule has 1 aromatic heterocycles. The largest absolute Gasteiger partial charge is 0.310 e. The second kappa shape index (κ2) is 7.05. The molecule has 100 valence electrons. The molecule has 1 heterocycles. The zero-order valence-electron chi connectivity index (χ0n) is 11.8. The van der Waals surface area contributed by atoms with Crippen molar-refractivity contribution in [2.45, 2.75) is 32.7 Å². The standard InChI is InChI=1S/C17H22N2/c1-3-15-4-6-17(7-5-15)14(2)19-13-10-16-8-11-18-12-9-16/h4-9,11-12,14,19H,3,10,13H2,1-2H3. The van der Waals surface area contributed by atoms with Crippen LogP contribution in [-0.4, -0.2) is 11.5 Å². The van der Waals surface area contributed by atoms with Crippen molar-refractivity contribution in [2.24, 2.45) is 0 Å². The first-order valence-corrected chi connectivity index (χ1v) is 7.00. The van der Waals surface area contributed by atoms with Crippen LogP contribution in [0.2, 0.25) is 0 Å². The predicted molar refractivity (Wildman–Crippen MR) is 80.2 cm³/mol. The molecule has 1 unspecified atom stereocenters. The monoisotopic (exact) mass is 254 g/mol. The number of pyridine rings is 1. The van der Waals surface area contributed by atoms with E-state index in [0.717, 1.165) is 19.4 Å². The maximum absolute atomic E-state index is 4.03. The Kier molecular flexibility index (Phi) is 5.10. The van der Waals surface area contributed by atoms with Crippen LogP contribution in [0.15, 0.2) is 48.8 Å². The van der Waals surface area contributed by atoms with Crippen molar-refractivity contribution in [2.75, 3.05) is 6.54 Å². The minimum absolute atomic E-state index is 0.396. The first kappa shape index (κ1) is 13.8. The van der Waals surface area contributed by atoms with Gasteiger partial charge in [0.2, 0.25) is 0 Å². The molecular weight excluding hydrogens is 232 g/mol. The second-order valence-electron chi connectivity index (χ2n) is 4.88. The van der Waals surface area contributed by atoms with Crippen LogP contribution in [0.5, 0.6) is 0 Å². The number of nitrogens with one attached hydrogen (secondary N) is 1. The topological polar surface area (TPSA) is 24.9 Å². The highest BCUT2D eigenvalue weighted by molar-refractivity contribution is 5.24. The van der Waals surface area contributed by atoms with Gasteiger partial charge in [-0.05, 0) is 55.1 Å². The summed E-state index contributed by atoms with van der Waals surface area (Å²) in [4.78, 5) is 4.03. The Balaban J connectivity index is 1.82. The summed E-state index contributed by atoms with van der Waals surface area (Å²) < 4.78 is 0. The molecule has 1 aromatic carbocycles. The van der Waals surface area contributed by atoms with Crippen molar-refractivity contribution >= 4 is 0 Å². The van der Waals surface area contributed by atoms with Crippen molar-refractivity contribution in [1.29, 1.82) is 0 Å². The SMILES string of the molecule is CCc1ccc(C(C)NCCc2ccncc2)cc1. The van der Waals surface area contributed by atoms with Gasteiger partial charge in [0, 0.05) is 18.4 Å². The Morgan fingerprint density at radius 3 is 2.32 bits per heavy atom. The van der Waals surface area contributed by atoms with E-state index < -0.39 is 0 Å². The van der Waals surface area contributed by atoms with Crippen LogP contribution in [0.4, 0.5) is 0 Å². The lowest BCUT2D eigenvalue weighted by atomic mass is 10.0. The average molecular weight is 254 g/mol. The van der Waals surface area contributed by atoms with E-state index in [2.05, 4.69) is 60.5 Å². The van der Waals surface area contributed by atoms with Gasteiger partial charge in [0.15, 0.2) is 0 Å². The summed E-state index contributed by atoms with van der Waals surface area (Å²) in [5.41, 5.74) is 4.08. The van der Waals surface area contributed by atoms with E-state index in [0.29, 0.717) is 6.04 Å². The van der Waals surface area contributed by atoms with Crippen molar-refractivity contribution < 1.29 is 0 Å². The molecule has 0 aliphatic carbocycles. The molecule has 0 fully saturated rings. The second-order valence-corrected chi connectivity index (χ2v) is 4.88. The minimum atomic E-state index is 0.396. The van der Waals surface area contributed by atoms with Gasteiger partial charge >= 0.3 is 0 Å². The highest BCUT2D eigenvalue weighted by atomic mass is 14.9. The molecular formula is C17H22N2. The summed E-state index contributed by atoms with van der Waals surface area (Å²) in [5.74, 6) is 0. The summed E-state index contributed by atoms with van der Waals surface area (Å²) in [5, 5.41) is 3.56. The van der Waals surface area contributed by atoms with Crippen molar-refractivity contribution in [3.8, 4) is 0 Å². The molecule has 2 nitrogen and oxygen atoms in total. The van der Waals surface area contributed by atoms with Crippen LogP contribution in [-0.2, 0) is 12.8 Å². The third-order valence-corrected chi connectivity index (χ3v) is 3.50. The number of hydrogen-bond acceptors (Lipinski definition) is 2. The maximum atomic E-state index is 4.03. The zero-order chi connectivity index (χ0) is 13.5. The fourth-order valence-corrected chi connectivity index (χ4v) is 2.14. The van der Waals surface area contributed by atoms with E-state index in [9.17, 15) is 0 Å². The summed E-state index contributed by atoms with van der Waals surface area (Å²) in [6, 6.07) is 13.4. The van der Waals surface area contributed by atoms with Gasteiger partial charge < -0.3 is 5.32 Å². The molecule has 0 saturated heterocycles. The number of hydrogen-bond donors (Lipinski definition) is 1. The molecule has 0 bridgehead atoms. The van der Waals surface area contributed by atoms with Gasteiger partial charge in [0.25, 0.3) is 0 Å². The number of benzene rings is 1. The molecule has 0 radical (unpaired) electrons. The molecule has 1 atom stereocenters. The highest BCUT2D eigenvalue weighted by Gasteiger charge is 2.04. The van der Waals surface area contributed by atoms with E-state index in [1.165, 1.54) is 16.7 Å². The lowest BCUT2D eigenvalue weighted by Crippen LogP contribution is -2.21. The predicted octanol–water partition coefficient (Wildman–Crippen LogP) is 3.54.